The van der Waals surface area contributed by atoms with Crippen molar-refractivity contribution < 1.29 is 14.3 Å². The van der Waals surface area contributed by atoms with Crippen molar-refractivity contribution in [3.05, 3.63) is 65.7 Å². The van der Waals surface area contributed by atoms with Crippen LogP contribution in [0.5, 0.6) is 0 Å². The molecule has 0 radical (unpaired) electrons. The van der Waals surface area contributed by atoms with Gasteiger partial charge in [-0.1, -0.05) is 23.8 Å². The van der Waals surface area contributed by atoms with Gasteiger partial charge < -0.3 is 14.5 Å². The Bertz CT molecular complexity index is 1150. The number of carbonyl (C=O) groups is 1. The van der Waals surface area contributed by atoms with Crippen LogP contribution in [-0.4, -0.2) is 39.0 Å². The number of nitrogens with zero attached hydrogens (tertiary/aromatic N) is 2. The predicted molar refractivity (Wildman–Crippen MR) is 111 cm³/mol. The van der Waals surface area contributed by atoms with Crippen molar-refractivity contribution in [3.63, 3.8) is 0 Å². The average Bonchev–Trinajstić information content (AvgIpc) is 3.33. The number of aromatic amines is 1. The summed E-state index contributed by atoms with van der Waals surface area (Å²) in [6.45, 7) is 3.41. The quantitative estimate of drug-likeness (QED) is 0.532. The second kappa shape index (κ2) is 7.04. The fourth-order valence-electron chi connectivity index (χ4n) is 4.44. The highest BCUT2D eigenvalue weighted by molar-refractivity contribution is 5.89. The maximum atomic E-state index is 12.2. The summed E-state index contributed by atoms with van der Waals surface area (Å²) < 4.78 is 5.94. The van der Waals surface area contributed by atoms with Crippen molar-refractivity contribution in [3.8, 4) is 0 Å². The molecular formula is C23H23N3O3. The van der Waals surface area contributed by atoms with Crippen LogP contribution in [0.25, 0.3) is 22.0 Å². The van der Waals surface area contributed by atoms with Gasteiger partial charge in [-0.25, -0.2) is 4.98 Å². The Morgan fingerprint density at radius 3 is 2.79 bits per heavy atom. The van der Waals surface area contributed by atoms with Crippen molar-refractivity contribution in [2.45, 2.75) is 31.7 Å². The number of hydrogen-bond donors (Lipinski definition) is 2. The fourth-order valence-corrected chi connectivity index (χ4v) is 4.44. The number of oxazole rings is 1. The number of benzene rings is 2. The molecule has 5 rings (SSSR count). The largest absolute Gasteiger partial charge is 0.480 e. The normalized spacial score (nSPS) is 17.1. The number of piperidine rings is 1. The molecule has 148 valence electrons. The SMILES string of the molecule is Cc1ccc2[nH]cc([C@H](C(=O)O)N3CCC(c4nc5ccccc5o4)CC3)c2c1. The standard InChI is InChI=1S/C23H23N3O3/c1-14-6-7-18-16(12-14)17(13-24-18)21(23(27)28)26-10-8-15(9-11-26)22-25-19-4-2-3-5-20(19)29-22/h2-7,12-13,15,21,24H,8-11H2,1H3,(H,27,28)/t21-/m1/s1. The third-order valence-corrected chi connectivity index (χ3v) is 5.95. The van der Waals surface area contributed by atoms with Crippen LogP contribution in [0.2, 0.25) is 0 Å². The number of likely N-dealkylation sites (tertiary alicyclic amines) is 1. The summed E-state index contributed by atoms with van der Waals surface area (Å²) in [5.41, 5.74) is 4.61. The Hall–Kier alpha value is -3.12. The first-order chi connectivity index (χ1) is 14.1. The number of para-hydroxylation sites is 2. The molecule has 3 heterocycles. The van der Waals surface area contributed by atoms with E-state index in [0.717, 1.165) is 51.9 Å². The Kier molecular flexibility index (Phi) is 4.36. The second-order valence-electron chi connectivity index (χ2n) is 7.86. The van der Waals surface area contributed by atoms with Gasteiger partial charge in [0.25, 0.3) is 0 Å². The molecule has 0 saturated carbocycles. The van der Waals surface area contributed by atoms with Crippen LogP contribution in [-0.2, 0) is 4.79 Å². The number of aryl methyl sites for hydroxylation is 1. The number of rotatable bonds is 4. The van der Waals surface area contributed by atoms with Gasteiger partial charge >= 0.3 is 5.97 Å². The Morgan fingerprint density at radius 2 is 2.03 bits per heavy atom. The molecule has 0 unspecified atom stereocenters. The van der Waals surface area contributed by atoms with Crippen molar-refractivity contribution in [2.75, 3.05) is 13.1 Å². The topological polar surface area (TPSA) is 82.4 Å². The number of hydrogen-bond acceptors (Lipinski definition) is 4. The Morgan fingerprint density at radius 1 is 1.24 bits per heavy atom. The fraction of sp³-hybridized carbons (Fsp3) is 0.304. The monoisotopic (exact) mass is 389 g/mol. The van der Waals surface area contributed by atoms with Crippen LogP contribution in [0.15, 0.2) is 53.1 Å². The number of aliphatic carboxylic acids is 1. The van der Waals surface area contributed by atoms with E-state index in [4.69, 9.17) is 4.42 Å². The van der Waals surface area contributed by atoms with E-state index in [1.165, 1.54) is 0 Å². The molecule has 1 saturated heterocycles. The summed E-state index contributed by atoms with van der Waals surface area (Å²) in [6, 6.07) is 13.2. The third kappa shape index (κ3) is 3.19. The minimum absolute atomic E-state index is 0.221. The summed E-state index contributed by atoms with van der Waals surface area (Å²) in [5, 5.41) is 11.0. The highest BCUT2D eigenvalue weighted by Gasteiger charge is 2.34. The maximum Gasteiger partial charge on any atom is 0.325 e. The predicted octanol–water partition coefficient (Wildman–Crippen LogP) is 4.62. The van der Waals surface area contributed by atoms with Gasteiger partial charge in [0.2, 0.25) is 0 Å². The first kappa shape index (κ1) is 17.9. The number of carboxylic acid groups (broad SMARTS) is 1. The van der Waals surface area contributed by atoms with Gasteiger partial charge in [-0.2, -0.15) is 0 Å². The summed E-state index contributed by atoms with van der Waals surface area (Å²) in [5.74, 6) is 0.173. The van der Waals surface area contributed by atoms with Gasteiger partial charge in [0.05, 0.1) is 0 Å². The van der Waals surface area contributed by atoms with E-state index >= 15 is 0 Å². The summed E-state index contributed by atoms with van der Waals surface area (Å²) >= 11 is 0. The molecule has 6 nitrogen and oxygen atoms in total. The molecule has 1 aliphatic heterocycles. The minimum atomic E-state index is -0.812. The first-order valence-corrected chi connectivity index (χ1v) is 10.00. The molecule has 6 heteroatoms. The second-order valence-corrected chi connectivity index (χ2v) is 7.86. The van der Waals surface area contributed by atoms with Crippen molar-refractivity contribution in [2.24, 2.45) is 0 Å². The van der Waals surface area contributed by atoms with Crippen LogP contribution in [0.1, 0.15) is 41.8 Å². The molecule has 0 spiro atoms. The number of carboxylic acids is 1. The van der Waals surface area contributed by atoms with E-state index in [9.17, 15) is 9.90 Å². The lowest BCUT2D eigenvalue weighted by Gasteiger charge is -2.34. The van der Waals surface area contributed by atoms with E-state index < -0.39 is 12.0 Å². The zero-order chi connectivity index (χ0) is 20.0. The van der Waals surface area contributed by atoms with Crippen LogP contribution in [0.4, 0.5) is 0 Å². The van der Waals surface area contributed by atoms with Crippen LogP contribution < -0.4 is 0 Å². The minimum Gasteiger partial charge on any atom is -0.480 e. The molecule has 2 N–H and O–H groups in total. The number of nitrogens with one attached hydrogen (secondary N) is 1. The highest BCUT2D eigenvalue weighted by Crippen LogP contribution is 2.35. The van der Waals surface area contributed by atoms with Crippen LogP contribution in [0, 0.1) is 6.92 Å². The van der Waals surface area contributed by atoms with Gasteiger partial charge in [-0.15, -0.1) is 0 Å². The molecule has 0 amide bonds. The molecule has 1 aliphatic rings. The van der Waals surface area contributed by atoms with E-state index in [1.807, 2.05) is 49.5 Å². The lowest BCUT2D eigenvalue weighted by Crippen LogP contribution is -2.39. The number of H-pyrrole nitrogens is 1. The van der Waals surface area contributed by atoms with Gasteiger partial charge in [0, 0.05) is 41.7 Å². The zero-order valence-corrected chi connectivity index (χ0v) is 16.3. The average molecular weight is 389 g/mol. The van der Waals surface area contributed by atoms with Gasteiger partial charge in [0.1, 0.15) is 11.6 Å². The molecule has 1 atom stereocenters. The summed E-state index contributed by atoms with van der Waals surface area (Å²) in [6.07, 6.45) is 3.51. The van der Waals surface area contributed by atoms with E-state index in [0.29, 0.717) is 13.1 Å². The van der Waals surface area contributed by atoms with Gasteiger partial charge in [0.15, 0.2) is 11.5 Å². The van der Waals surface area contributed by atoms with Crippen LogP contribution >= 0.6 is 0 Å². The number of aromatic nitrogens is 2. The summed E-state index contributed by atoms with van der Waals surface area (Å²) in [4.78, 5) is 22.1. The highest BCUT2D eigenvalue weighted by atomic mass is 16.4. The zero-order valence-electron chi connectivity index (χ0n) is 16.3. The lowest BCUT2D eigenvalue weighted by molar-refractivity contribution is -0.144. The maximum absolute atomic E-state index is 12.2. The molecule has 1 fully saturated rings. The van der Waals surface area contributed by atoms with E-state index in [1.54, 1.807) is 0 Å². The molecule has 0 bridgehead atoms. The smallest absolute Gasteiger partial charge is 0.325 e. The van der Waals surface area contributed by atoms with Crippen LogP contribution in [0.3, 0.4) is 0 Å². The van der Waals surface area contributed by atoms with Crippen molar-refractivity contribution >= 4 is 28.0 Å². The summed E-state index contributed by atoms with van der Waals surface area (Å²) in [7, 11) is 0. The molecule has 4 aromatic rings. The van der Waals surface area contributed by atoms with Crippen molar-refractivity contribution in [1.82, 2.24) is 14.9 Å². The Balaban J connectivity index is 1.38. The molecular weight excluding hydrogens is 366 g/mol. The molecule has 29 heavy (non-hydrogen) atoms. The first-order valence-electron chi connectivity index (χ1n) is 10.00. The third-order valence-electron chi connectivity index (χ3n) is 5.95. The van der Waals surface area contributed by atoms with Gasteiger partial charge in [-0.05, 0) is 44.0 Å². The number of fused-ring (bicyclic) bond motifs is 2. The molecule has 2 aromatic heterocycles. The lowest BCUT2D eigenvalue weighted by atomic mass is 9.94. The van der Waals surface area contributed by atoms with Gasteiger partial charge in [-0.3, -0.25) is 9.69 Å². The van der Waals surface area contributed by atoms with Crippen molar-refractivity contribution in [1.29, 1.82) is 0 Å². The van der Waals surface area contributed by atoms with E-state index in [-0.39, 0.29) is 5.92 Å². The molecule has 0 aliphatic carbocycles. The molecule has 2 aromatic carbocycles. The van der Waals surface area contributed by atoms with E-state index in [2.05, 4.69) is 20.9 Å². The Labute approximate surface area is 168 Å².